The molecule has 1 aliphatic rings. The summed E-state index contributed by atoms with van der Waals surface area (Å²) in [6.07, 6.45) is -0.686. The molecule has 32 heavy (non-hydrogen) atoms. The molecule has 2 N–H and O–H groups in total. The van der Waals surface area contributed by atoms with Crippen LogP contribution in [0.15, 0.2) is 60.7 Å². The molecule has 160 valence electrons. The van der Waals surface area contributed by atoms with Crippen molar-refractivity contribution in [3.8, 4) is 23.0 Å². The quantitative estimate of drug-likeness (QED) is 0.592. The molecule has 0 spiro atoms. The zero-order chi connectivity index (χ0) is 22.7. The summed E-state index contributed by atoms with van der Waals surface area (Å²) in [6, 6.07) is 17.2. The van der Waals surface area contributed by atoms with Crippen molar-refractivity contribution >= 4 is 12.1 Å². The molecule has 1 aliphatic carbocycles. The Kier molecular flexibility index (Phi) is 5.86. The van der Waals surface area contributed by atoms with Crippen LogP contribution in [0.25, 0.3) is 11.1 Å². The Bertz CT molecular complexity index is 1230. The molecule has 0 atom stereocenters. The van der Waals surface area contributed by atoms with Crippen LogP contribution in [0.2, 0.25) is 0 Å². The second kappa shape index (κ2) is 8.90. The Hall–Kier alpha value is -4.18. The molecule has 0 fully saturated rings. The minimum atomic E-state index is -1.57. The SMILES string of the molecule is O=C(NCC#Cc1cc(F)c(C(=O)O)cc1F)OCC1c2ccccc2-c2ccccc21. The zero-order valence-electron chi connectivity index (χ0n) is 16.7. The smallest absolute Gasteiger partial charge is 0.407 e. The molecule has 3 aromatic carbocycles. The molecule has 4 rings (SSSR count). The van der Waals surface area contributed by atoms with E-state index in [0.29, 0.717) is 12.1 Å². The summed E-state index contributed by atoms with van der Waals surface area (Å²) in [5.74, 6) is 1.16. The van der Waals surface area contributed by atoms with Gasteiger partial charge in [-0.3, -0.25) is 0 Å². The first kappa shape index (κ1) is 21.1. The average molecular weight is 433 g/mol. The van der Waals surface area contributed by atoms with E-state index in [1.807, 2.05) is 48.5 Å². The maximum Gasteiger partial charge on any atom is 0.407 e. The van der Waals surface area contributed by atoms with E-state index in [-0.39, 0.29) is 24.6 Å². The van der Waals surface area contributed by atoms with Gasteiger partial charge in [-0.25, -0.2) is 18.4 Å². The number of ether oxygens (including phenoxy) is 1. The van der Waals surface area contributed by atoms with Crippen LogP contribution in [-0.4, -0.2) is 30.3 Å². The van der Waals surface area contributed by atoms with Gasteiger partial charge < -0.3 is 15.2 Å². The van der Waals surface area contributed by atoms with Gasteiger partial charge in [0.2, 0.25) is 0 Å². The topological polar surface area (TPSA) is 75.6 Å². The van der Waals surface area contributed by atoms with Crippen molar-refractivity contribution in [2.45, 2.75) is 5.92 Å². The Morgan fingerprint density at radius 2 is 1.59 bits per heavy atom. The molecule has 3 aromatic rings. The van der Waals surface area contributed by atoms with Gasteiger partial charge in [0, 0.05) is 5.92 Å². The number of amides is 1. The van der Waals surface area contributed by atoms with E-state index in [1.165, 1.54) is 0 Å². The monoisotopic (exact) mass is 433 g/mol. The van der Waals surface area contributed by atoms with Crippen molar-refractivity contribution in [1.82, 2.24) is 5.32 Å². The molecule has 5 nitrogen and oxygen atoms in total. The number of rotatable bonds is 4. The van der Waals surface area contributed by atoms with Crippen LogP contribution >= 0.6 is 0 Å². The molecule has 1 amide bonds. The van der Waals surface area contributed by atoms with E-state index >= 15 is 0 Å². The maximum absolute atomic E-state index is 13.9. The number of nitrogens with one attached hydrogen (secondary N) is 1. The number of aromatic carboxylic acids is 1. The number of carbonyl (C=O) groups excluding carboxylic acids is 1. The van der Waals surface area contributed by atoms with Gasteiger partial charge in [0.1, 0.15) is 18.2 Å². The number of alkyl carbamates (subject to hydrolysis) is 1. The highest BCUT2D eigenvalue weighted by Crippen LogP contribution is 2.44. The standard InChI is InChI=1S/C25H17F2NO4/c26-22-13-20(24(29)30)23(27)12-15(22)6-5-11-28-25(31)32-14-21-18-9-3-1-7-16(18)17-8-2-4-10-19(17)21/h1-4,7-10,12-13,21H,11,14H2,(H,28,31)(H,29,30). The summed E-state index contributed by atoms with van der Waals surface area (Å²) in [5.41, 5.74) is 3.33. The molecule has 0 bridgehead atoms. The van der Waals surface area contributed by atoms with Gasteiger partial charge in [-0.15, -0.1) is 0 Å². The van der Waals surface area contributed by atoms with Crippen molar-refractivity contribution in [3.05, 3.63) is 94.6 Å². The first-order chi connectivity index (χ1) is 15.5. The molecule has 0 saturated carbocycles. The molecule has 0 unspecified atom stereocenters. The van der Waals surface area contributed by atoms with Crippen molar-refractivity contribution in [3.63, 3.8) is 0 Å². The van der Waals surface area contributed by atoms with E-state index in [2.05, 4.69) is 17.2 Å². The van der Waals surface area contributed by atoms with Gasteiger partial charge in [-0.1, -0.05) is 60.4 Å². The summed E-state index contributed by atoms with van der Waals surface area (Å²) in [4.78, 5) is 22.9. The first-order valence-corrected chi connectivity index (χ1v) is 9.75. The highest BCUT2D eigenvalue weighted by Gasteiger charge is 2.28. The second-order valence-electron chi connectivity index (χ2n) is 7.10. The molecule has 0 radical (unpaired) electrons. The van der Waals surface area contributed by atoms with Crippen molar-refractivity contribution in [2.75, 3.05) is 13.2 Å². The van der Waals surface area contributed by atoms with Crippen LogP contribution in [0.4, 0.5) is 13.6 Å². The molecular weight excluding hydrogens is 416 g/mol. The molecule has 0 aromatic heterocycles. The summed E-state index contributed by atoms with van der Waals surface area (Å²) < 4.78 is 32.9. The Morgan fingerprint density at radius 1 is 0.969 bits per heavy atom. The van der Waals surface area contributed by atoms with E-state index < -0.39 is 29.3 Å². The molecular formula is C25H17F2NO4. The fourth-order valence-corrected chi connectivity index (χ4v) is 3.71. The normalized spacial score (nSPS) is 11.7. The van der Waals surface area contributed by atoms with E-state index in [0.717, 1.165) is 22.3 Å². The van der Waals surface area contributed by atoms with Crippen LogP contribution in [0.3, 0.4) is 0 Å². The number of carboxylic acid groups (broad SMARTS) is 1. The molecule has 0 aliphatic heterocycles. The third-order valence-corrected chi connectivity index (χ3v) is 5.17. The number of carbonyl (C=O) groups is 2. The lowest BCUT2D eigenvalue weighted by atomic mass is 9.98. The lowest BCUT2D eigenvalue weighted by Gasteiger charge is -2.14. The van der Waals surface area contributed by atoms with Gasteiger partial charge >= 0.3 is 12.1 Å². The minimum Gasteiger partial charge on any atom is -0.478 e. The van der Waals surface area contributed by atoms with Crippen LogP contribution < -0.4 is 5.32 Å². The van der Waals surface area contributed by atoms with Crippen molar-refractivity contribution in [1.29, 1.82) is 0 Å². The Morgan fingerprint density at radius 3 is 2.22 bits per heavy atom. The number of hydrogen-bond acceptors (Lipinski definition) is 3. The van der Waals surface area contributed by atoms with E-state index in [9.17, 15) is 18.4 Å². The van der Waals surface area contributed by atoms with E-state index in [1.54, 1.807) is 0 Å². The predicted molar refractivity (Wildman–Crippen MR) is 113 cm³/mol. The molecule has 0 heterocycles. The van der Waals surface area contributed by atoms with Crippen molar-refractivity contribution in [2.24, 2.45) is 0 Å². The third kappa shape index (κ3) is 4.16. The summed E-state index contributed by atoms with van der Waals surface area (Å²) in [6.45, 7) is -0.0117. The van der Waals surface area contributed by atoms with Crippen LogP contribution in [0.5, 0.6) is 0 Å². The number of hydrogen-bond donors (Lipinski definition) is 2. The van der Waals surface area contributed by atoms with Gasteiger partial charge in [0.15, 0.2) is 0 Å². The first-order valence-electron chi connectivity index (χ1n) is 9.75. The predicted octanol–water partition coefficient (Wildman–Crippen LogP) is 4.55. The van der Waals surface area contributed by atoms with Crippen molar-refractivity contribution < 1.29 is 28.2 Å². The van der Waals surface area contributed by atoms with Crippen LogP contribution in [-0.2, 0) is 4.74 Å². The number of fused-ring (bicyclic) bond motifs is 3. The highest BCUT2D eigenvalue weighted by atomic mass is 19.1. The Labute approximate surface area is 182 Å². The highest BCUT2D eigenvalue weighted by molar-refractivity contribution is 5.88. The van der Waals surface area contributed by atoms with E-state index in [4.69, 9.17) is 9.84 Å². The fourth-order valence-electron chi connectivity index (χ4n) is 3.71. The fraction of sp³-hybridized carbons (Fsp3) is 0.120. The molecule has 0 saturated heterocycles. The lowest BCUT2D eigenvalue weighted by molar-refractivity contribution is 0.0691. The van der Waals surface area contributed by atoms with Gasteiger partial charge in [0.25, 0.3) is 0 Å². The van der Waals surface area contributed by atoms with Gasteiger partial charge in [0.05, 0.1) is 17.7 Å². The number of halogens is 2. The average Bonchev–Trinajstić information content (AvgIpc) is 3.11. The third-order valence-electron chi connectivity index (χ3n) is 5.17. The van der Waals surface area contributed by atoms with Crippen LogP contribution in [0.1, 0.15) is 33.0 Å². The van der Waals surface area contributed by atoms with Gasteiger partial charge in [-0.2, -0.15) is 0 Å². The minimum absolute atomic E-state index is 0.0796. The molecule has 7 heteroatoms. The lowest BCUT2D eigenvalue weighted by Crippen LogP contribution is -2.26. The van der Waals surface area contributed by atoms with Gasteiger partial charge in [-0.05, 0) is 34.4 Å². The second-order valence-corrected chi connectivity index (χ2v) is 7.10. The Balaban J connectivity index is 1.36. The van der Waals surface area contributed by atoms with Crippen LogP contribution in [0, 0.1) is 23.5 Å². The number of carboxylic acids is 1. The largest absolute Gasteiger partial charge is 0.478 e. The summed E-state index contributed by atoms with van der Waals surface area (Å²) in [5, 5.41) is 11.2. The number of benzene rings is 3. The summed E-state index contributed by atoms with van der Waals surface area (Å²) >= 11 is 0. The maximum atomic E-state index is 13.9. The summed E-state index contributed by atoms with van der Waals surface area (Å²) in [7, 11) is 0. The zero-order valence-corrected chi connectivity index (χ0v) is 16.7.